The number of hydrogen-bond donors (Lipinski definition) is 3. The van der Waals surface area contributed by atoms with E-state index in [0.717, 1.165) is 23.3 Å². The molecule has 0 bridgehead atoms. The second kappa shape index (κ2) is 10.7. The van der Waals surface area contributed by atoms with Gasteiger partial charge in [-0.2, -0.15) is 0 Å². The maximum atomic E-state index is 14.2. The number of amides is 1. The van der Waals surface area contributed by atoms with Crippen molar-refractivity contribution in [2.45, 2.75) is 30.7 Å². The summed E-state index contributed by atoms with van der Waals surface area (Å²) in [6.07, 6.45) is 3.74. The molecular formula is C27H25FN4O3S. The lowest BCUT2D eigenvalue weighted by Gasteiger charge is -2.21. The van der Waals surface area contributed by atoms with Crippen LogP contribution in [0.15, 0.2) is 83.9 Å². The topological polar surface area (TPSA) is 112 Å². The van der Waals surface area contributed by atoms with E-state index in [1.165, 1.54) is 24.5 Å². The predicted octanol–water partition coefficient (Wildman–Crippen LogP) is 5.25. The van der Waals surface area contributed by atoms with Gasteiger partial charge in [0.25, 0.3) is 15.9 Å². The van der Waals surface area contributed by atoms with E-state index in [0.29, 0.717) is 18.2 Å². The number of nitrogens with one attached hydrogen (secondary N) is 3. The van der Waals surface area contributed by atoms with Crippen LogP contribution in [0.1, 0.15) is 40.9 Å². The van der Waals surface area contributed by atoms with E-state index in [1.54, 1.807) is 24.3 Å². The number of aromatic nitrogens is 1. The van der Waals surface area contributed by atoms with E-state index in [4.69, 9.17) is 5.41 Å². The summed E-state index contributed by atoms with van der Waals surface area (Å²) >= 11 is 0. The first-order valence-corrected chi connectivity index (χ1v) is 12.9. The minimum Gasteiger partial charge on any atom is -0.345 e. The second-order valence-corrected chi connectivity index (χ2v) is 9.82. The van der Waals surface area contributed by atoms with Crippen LogP contribution in [0.2, 0.25) is 0 Å². The molecule has 0 radical (unpaired) electrons. The molecule has 0 aliphatic carbocycles. The third-order valence-electron chi connectivity index (χ3n) is 5.82. The first-order valence-electron chi connectivity index (χ1n) is 11.4. The molecule has 0 spiro atoms. The zero-order valence-corrected chi connectivity index (χ0v) is 20.3. The third kappa shape index (κ3) is 5.26. The van der Waals surface area contributed by atoms with Crippen molar-refractivity contribution in [2.24, 2.45) is 0 Å². The van der Waals surface area contributed by atoms with Crippen LogP contribution in [0.4, 0.5) is 10.1 Å². The summed E-state index contributed by atoms with van der Waals surface area (Å²) in [6.45, 7) is 1.90. The van der Waals surface area contributed by atoms with E-state index >= 15 is 0 Å². The van der Waals surface area contributed by atoms with Crippen LogP contribution < -0.4 is 10.0 Å². The normalized spacial score (nSPS) is 12.2. The lowest BCUT2D eigenvalue weighted by Crippen LogP contribution is -2.30. The van der Waals surface area contributed by atoms with Gasteiger partial charge in [0.1, 0.15) is 10.7 Å². The summed E-state index contributed by atoms with van der Waals surface area (Å²) in [5, 5.41) is 11.0. The van der Waals surface area contributed by atoms with Gasteiger partial charge in [0.15, 0.2) is 0 Å². The zero-order valence-electron chi connectivity index (χ0n) is 19.5. The molecule has 0 saturated carbocycles. The Kier molecular flexibility index (Phi) is 7.40. The summed E-state index contributed by atoms with van der Waals surface area (Å²) < 4.78 is 43.2. The van der Waals surface area contributed by atoms with Crippen molar-refractivity contribution < 1.29 is 17.6 Å². The highest BCUT2D eigenvalue weighted by Crippen LogP contribution is 2.27. The Morgan fingerprint density at radius 2 is 1.86 bits per heavy atom. The van der Waals surface area contributed by atoms with Gasteiger partial charge in [-0.3, -0.25) is 14.5 Å². The maximum Gasteiger partial charge on any atom is 0.264 e. The van der Waals surface area contributed by atoms with Crippen molar-refractivity contribution in [2.75, 3.05) is 4.72 Å². The molecular weight excluding hydrogens is 479 g/mol. The van der Waals surface area contributed by atoms with Gasteiger partial charge in [-0.05, 0) is 54.1 Å². The first-order chi connectivity index (χ1) is 17.3. The Bertz CT molecular complexity index is 1530. The Morgan fingerprint density at radius 3 is 2.64 bits per heavy atom. The molecule has 7 nitrogen and oxygen atoms in total. The number of carbonyl (C=O) groups excluding carboxylic acids is 1. The number of benzene rings is 3. The average Bonchev–Trinajstić information content (AvgIpc) is 2.88. The summed E-state index contributed by atoms with van der Waals surface area (Å²) in [4.78, 5) is 17.4. The van der Waals surface area contributed by atoms with Crippen molar-refractivity contribution in [3.05, 3.63) is 102 Å². The molecule has 0 saturated heterocycles. The van der Waals surface area contributed by atoms with Crippen LogP contribution in [0.3, 0.4) is 0 Å². The van der Waals surface area contributed by atoms with Crippen LogP contribution in [0.5, 0.6) is 0 Å². The average molecular weight is 505 g/mol. The molecule has 3 aromatic carbocycles. The molecule has 0 aliphatic heterocycles. The SMILES string of the molecule is CCC(NC(=O)c1cc(F)ccc1NS(=O)(=O)c1cccc2cccnc12)c1ccccc1CC=N. The molecule has 0 aliphatic rings. The van der Waals surface area contributed by atoms with Crippen LogP contribution in [0.25, 0.3) is 10.9 Å². The summed E-state index contributed by atoms with van der Waals surface area (Å²) in [7, 11) is -4.15. The number of para-hydroxylation sites is 1. The number of sulfonamides is 1. The quantitative estimate of drug-likeness (QED) is 0.270. The highest BCUT2D eigenvalue weighted by Gasteiger charge is 2.24. The van der Waals surface area contributed by atoms with Crippen LogP contribution in [-0.4, -0.2) is 25.5 Å². The standard InChI is InChI=1S/C27H25FN4O3S/c1-2-23(21-10-4-3-7-18(21)14-15-29)31-27(33)22-17-20(28)12-13-24(22)32-36(34,35)25-11-5-8-19-9-6-16-30-26(19)25/h3-13,15-17,23,29,32H,2,14H2,1H3,(H,31,33). The molecule has 184 valence electrons. The zero-order chi connectivity index (χ0) is 25.7. The molecule has 1 aromatic heterocycles. The van der Waals surface area contributed by atoms with Crippen molar-refractivity contribution in [3.63, 3.8) is 0 Å². The van der Waals surface area contributed by atoms with E-state index in [2.05, 4.69) is 15.0 Å². The first kappa shape index (κ1) is 25.0. The smallest absolute Gasteiger partial charge is 0.264 e. The van der Waals surface area contributed by atoms with Gasteiger partial charge in [0.05, 0.1) is 22.8 Å². The number of anilines is 1. The van der Waals surface area contributed by atoms with E-state index in [1.807, 2.05) is 31.2 Å². The van der Waals surface area contributed by atoms with Crippen LogP contribution in [-0.2, 0) is 16.4 Å². The molecule has 4 rings (SSSR count). The molecule has 3 N–H and O–H groups in total. The summed E-state index contributed by atoms with van der Waals surface area (Å²) in [6, 6.07) is 18.6. The minimum atomic E-state index is -4.15. The van der Waals surface area contributed by atoms with Gasteiger partial charge >= 0.3 is 0 Å². The van der Waals surface area contributed by atoms with Gasteiger partial charge in [-0.15, -0.1) is 0 Å². The second-order valence-electron chi connectivity index (χ2n) is 8.17. The van der Waals surface area contributed by atoms with Crippen molar-refractivity contribution in [1.29, 1.82) is 5.41 Å². The number of pyridine rings is 1. The molecule has 36 heavy (non-hydrogen) atoms. The Morgan fingerprint density at radius 1 is 1.08 bits per heavy atom. The molecule has 1 amide bonds. The molecule has 0 fully saturated rings. The Labute approximate surface area is 209 Å². The van der Waals surface area contributed by atoms with Crippen LogP contribution in [0, 0.1) is 11.2 Å². The maximum absolute atomic E-state index is 14.2. The highest BCUT2D eigenvalue weighted by molar-refractivity contribution is 7.93. The highest BCUT2D eigenvalue weighted by atomic mass is 32.2. The van der Waals surface area contributed by atoms with Crippen molar-refractivity contribution in [1.82, 2.24) is 10.3 Å². The summed E-state index contributed by atoms with van der Waals surface area (Å²) in [5.41, 5.74) is 1.83. The lowest BCUT2D eigenvalue weighted by molar-refractivity contribution is 0.0936. The lowest BCUT2D eigenvalue weighted by atomic mass is 9.96. The van der Waals surface area contributed by atoms with Crippen molar-refractivity contribution >= 4 is 38.7 Å². The number of halogens is 1. The fourth-order valence-corrected chi connectivity index (χ4v) is 5.35. The molecule has 1 unspecified atom stereocenters. The molecule has 1 atom stereocenters. The minimum absolute atomic E-state index is 0.0514. The number of rotatable bonds is 9. The van der Waals surface area contributed by atoms with Gasteiger partial charge in [-0.1, -0.05) is 49.4 Å². The fraction of sp³-hybridized carbons (Fsp3) is 0.148. The summed E-state index contributed by atoms with van der Waals surface area (Å²) in [5.74, 6) is -1.30. The number of fused-ring (bicyclic) bond motifs is 1. The Hall–Kier alpha value is -4.11. The number of carbonyl (C=O) groups is 1. The Balaban J connectivity index is 1.67. The molecule has 9 heteroatoms. The van der Waals surface area contributed by atoms with E-state index < -0.39 is 27.8 Å². The molecule has 4 aromatic rings. The van der Waals surface area contributed by atoms with Gasteiger partial charge in [0, 0.05) is 18.0 Å². The van der Waals surface area contributed by atoms with Gasteiger partial charge in [0.2, 0.25) is 0 Å². The van der Waals surface area contributed by atoms with E-state index in [9.17, 15) is 17.6 Å². The number of nitrogens with zero attached hydrogens (tertiary/aromatic N) is 1. The predicted molar refractivity (Wildman–Crippen MR) is 138 cm³/mol. The van der Waals surface area contributed by atoms with Gasteiger partial charge < -0.3 is 10.7 Å². The largest absolute Gasteiger partial charge is 0.345 e. The molecule has 1 heterocycles. The fourth-order valence-electron chi connectivity index (χ4n) is 4.09. The van der Waals surface area contributed by atoms with Gasteiger partial charge in [-0.25, -0.2) is 12.8 Å². The monoisotopic (exact) mass is 504 g/mol. The van der Waals surface area contributed by atoms with E-state index in [-0.39, 0.29) is 21.7 Å². The van der Waals surface area contributed by atoms with Crippen LogP contribution >= 0.6 is 0 Å². The van der Waals surface area contributed by atoms with Crippen molar-refractivity contribution in [3.8, 4) is 0 Å². The number of hydrogen-bond acceptors (Lipinski definition) is 5. The third-order valence-corrected chi connectivity index (χ3v) is 7.22.